The Morgan fingerprint density at radius 2 is 2.18 bits per heavy atom. The van der Waals surface area contributed by atoms with Gasteiger partial charge in [0.15, 0.2) is 21.3 Å². The van der Waals surface area contributed by atoms with Gasteiger partial charge in [0, 0.05) is 0 Å². The Bertz CT molecular complexity index is 917. The van der Waals surface area contributed by atoms with Crippen LogP contribution in [-0.2, 0) is 14.6 Å². The predicted octanol–water partition coefficient (Wildman–Crippen LogP) is 4.48. The van der Waals surface area contributed by atoms with Gasteiger partial charge in [-0.1, -0.05) is 30.6 Å². The highest BCUT2D eigenvalue weighted by atomic mass is 127. The highest BCUT2D eigenvalue weighted by Gasteiger charge is 2.46. The molecule has 3 rings (SSSR count). The lowest BCUT2D eigenvalue weighted by Crippen LogP contribution is -2.19. The maximum atomic E-state index is 12.4. The average molecular weight is 518 g/mol. The average Bonchev–Trinajstić information content (AvgIpc) is 3.16. The summed E-state index contributed by atoms with van der Waals surface area (Å²) in [5.41, 5.74) is 4.26. The third-order valence-corrected chi connectivity index (χ3v) is 8.23. The molecule has 1 fully saturated rings. The van der Waals surface area contributed by atoms with Crippen molar-refractivity contribution in [1.29, 1.82) is 0 Å². The normalized spacial score (nSPS) is 23.9. The van der Waals surface area contributed by atoms with E-state index < -0.39 is 15.1 Å². The Balaban J connectivity index is 1.73. The summed E-state index contributed by atoms with van der Waals surface area (Å²) in [4.78, 5) is 0. The first kappa shape index (κ1) is 21.6. The lowest BCUT2D eigenvalue weighted by molar-refractivity contribution is 0.117. The zero-order valence-corrected chi connectivity index (χ0v) is 19.5. The smallest absolute Gasteiger partial charge is 0.171 e. The number of hydrogen-bond acceptors (Lipinski definition) is 5. The van der Waals surface area contributed by atoms with Gasteiger partial charge in [-0.2, -0.15) is 0 Å². The van der Waals surface area contributed by atoms with E-state index in [-0.39, 0.29) is 17.6 Å². The van der Waals surface area contributed by atoms with Crippen molar-refractivity contribution in [3.8, 4) is 11.5 Å². The number of allylic oxidation sites excluding steroid dienone is 1. The van der Waals surface area contributed by atoms with Crippen molar-refractivity contribution >= 4 is 38.5 Å². The fraction of sp³-hybridized carbons (Fsp3) is 0.524. The molecule has 1 aromatic carbocycles. The first-order valence-corrected chi connectivity index (χ1v) is 12.3. The largest absolute Gasteiger partial charge is 0.504 e. The molecular formula is C21H27IO5S. The third kappa shape index (κ3) is 4.41. The molecule has 2 heterocycles. The minimum atomic E-state index is -3.08. The standard InChI is InChI=1S/C21H27IO5S/c1-4-5-15-12-28(24,25)19-11-27-17(20(15)19)7-6-13(2)8-14-9-16(22)21(23)18(10-14)26-3/h8-10,17,19,23H,4-7,11-12H2,1-3H3/b13-8+/t17-,19+/m1/s1. The van der Waals surface area contributed by atoms with E-state index in [2.05, 4.69) is 42.5 Å². The summed E-state index contributed by atoms with van der Waals surface area (Å²) >= 11 is 2.09. The summed E-state index contributed by atoms with van der Waals surface area (Å²) in [6.45, 7) is 4.44. The molecular weight excluding hydrogens is 491 g/mol. The number of phenols is 1. The number of hydrogen-bond donors (Lipinski definition) is 1. The molecule has 154 valence electrons. The van der Waals surface area contributed by atoms with E-state index in [1.165, 1.54) is 12.7 Å². The zero-order valence-electron chi connectivity index (χ0n) is 16.5. The number of benzene rings is 1. The molecule has 28 heavy (non-hydrogen) atoms. The van der Waals surface area contributed by atoms with Crippen molar-refractivity contribution < 1.29 is 23.0 Å². The molecule has 5 nitrogen and oxygen atoms in total. The van der Waals surface area contributed by atoms with E-state index in [9.17, 15) is 13.5 Å². The topological polar surface area (TPSA) is 72.8 Å². The molecule has 7 heteroatoms. The second-order valence-corrected chi connectivity index (χ2v) is 10.9. The number of methoxy groups -OCH3 is 1. The summed E-state index contributed by atoms with van der Waals surface area (Å²) in [5, 5.41) is 9.55. The highest BCUT2D eigenvalue weighted by molar-refractivity contribution is 14.1. The Morgan fingerprint density at radius 3 is 2.86 bits per heavy atom. The Hall–Kier alpha value is -1.06. The quantitative estimate of drug-likeness (QED) is 0.426. The van der Waals surface area contributed by atoms with Crippen molar-refractivity contribution in [3.05, 3.63) is 38.0 Å². The molecule has 2 aliphatic rings. The van der Waals surface area contributed by atoms with Gasteiger partial charge in [0.25, 0.3) is 0 Å². The van der Waals surface area contributed by atoms with Crippen LogP contribution in [0.25, 0.3) is 6.08 Å². The molecule has 0 radical (unpaired) electrons. The molecule has 0 unspecified atom stereocenters. The van der Waals surface area contributed by atoms with Gasteiger partial charge in [-0.05, 0) is 72.0 Å². The molecule has 1 saturated heterocycles. The van der Waals surface area contributed by atoms with E-state index in [1.54, 1.807) is 0 Å². The van der Waals surface area contributed by atoms with Crippen molar-refractivity contribution in [2.45, 2.75) is 50.9 Å². The van der Waals surface area contributed by atoms with Gasteiger partial charge in [-0.25, -0.2) is 8.42 Å². The molecule has 2 atom stereocenters. The first-order chi connectivity index (χ1) is 13.3. The molecule has 0 saturated carbocycles. The van der Waals surface area contributed by atoms with Crippen LogP contribution >= 0.6 is 22.6 Å². The molecule has 0 aliphatic carbocycles. The molecule has 0 amide bonds. The number of fused-ring (bicyclic) bond motifs is 1. The number of rotatable bonds is 7. The van der Waals surface area contributed by atoms with E-state index in [0.717, 1.165) is 46.0 Å². The molecule has 0 bridgehead atoms. The molecule has 0 aromatic heterocycles. The fourth-order valence-electron chi connectivity index (χ4n) is 4.07. The molecule has 0 spiro atoms. The Kier molecular flexibility index (Phi) is 6.76. The monoisotopic (exact) mass is 518 g/mol. The van der Waals surface area contributed by atoms with Crippen LogP contribution in [0.4, 0.5) is 0 Å². The minimum Gasteiger partial charge on any atom is -0.504 e. The van der Waals surface area contributed by atoms with Gasteiger partial charge in [0.2, 0.25) is 0 Å². The number of phenolic OH excluding ortho intramolecular Hbond substituents is 1. The van der Waals surface area contributed by atoms with E-state index in [0.29, 0.717) is 12.4 Å². The van der Waals surface area contributed by atoms with Gasteiger partial charge in [-0.15, -0.1) is 0 Å². The second kappa shape index (κ2) is 8.75. The molecule has 1 N–H and O–H groups in total. The van der Waals surface area contributed by atoms with Gasteiger partial charge in [-0.3, -0.25) is 0 Å². The van der Waals surface area contributed by atoms with Crippen LogP contribution in [0.3, 0.4) is 0 Å². The van der Waals surface area contributed by atoms with Crippen LogP contribution in [0.15, 0.2) is 28.9 Å². The maximum Gasteiger partial charge on any atom is 0.171 e. The van der Waals surface area contributed by atoms with E-state index in [1.807, 2.05) is 12.1 Å². The van der Waals surface area contributed by atoms with Gasteiger partial charge in [0.1, 0.15) is 5.25 Å². The van der Waals surface area contributed by atoms with Crippen LogP contribution < -0.4 is 4.74 Å². The fourth-order valence-corrected chi connectivity index (χ4v) is 6.69. The van der Waals surface area contributed by atoms with Crippen LogP contribution in [0.1, 0.15) is 45.1 Å². The van der Waals surface area contributed by atoms with Gasteiger partial charge >= 0.3 is 0 Å². The third-order valence-electron chi connectivity index (χ3n) is 5.40. The van der Waals surface area contributed by atoms with Crippen LogP contribution in [0.2, 0.25) is 0 Å². The lowest BCUT2D eigenvalue weighted by Gasteiger charge is -2.14. The number of halogens is 1. The zero-order chi connectivity index (χ0) is 20.5. The summed E-state index contributed by atoms with van der Waals surface area (Å²) in [6.07, 6.45) is 5.37. The van der Waals surface area contributed by atoms with Crippen LogP contribution in [0, 0.1) is 3.57 Å². The van der Waals surface area contributed by atoms with Crippen molar-refractivity contribution in [1.82, 2.24) is 0 Å². The lowest BCUT2D eigenvalue weighted by atomic mass is 9.95. The van der Waals surface area contributed by atoms with Crippen LogP contribution in [0.5, 0.6) is 11.5 Å². The van der Waals surface area contributed by atoms with Crippen LogP contribution in [-0.4, -0.2) is 44.3 Å². The highest BCUT2D eigenvalue weighted by Crippen LogP contribution is 2.40. The van der Waals surface area contributed by atoms with E-state index >= 15 is 0 Å². The second-order valence-electron chi connectivity index (χ2n) is 7.51. The van der Waals surface area contributed by atoms with Gasteiger partial charge < -0.3 is 14.6 Å². The maximum absolute atomic E-state index is 12.4. The predicted molar refractivity (Wildman–Crippen MR) is 120 cm³/mol. The Morgan fingerprint density at radius 1 is 1.43 bits per heavy atom. The first-order valence-electron chi connectivity index (χ1n) is 9.55. The summed E-state index contributed by atoms with van der Waals surface area (Å²) in [6, 6.07) is 3.73. The van der Waals surface area contributed by atoms with Crippen molar-refractivity contribution in [3.63, 3.8) is 0 Å². The SMILES string of the molecule is CCCC1=C2[C@@H](CC/C(C)=C/c3cc(I)c(O)c(OC)c3)OC[C@@H]2S(=O)(=O)C1. The van der Waals surface area contributed by atoms with Crippen molar-refractivity contribution in [2.75, 3.05) is 19.5 Å². The van der Waals surface area contributed by atoms with Gasteiger partial charge in [0.05, 0.1) is 29.1 Å². The summed E-state index contributed by atoms with van der Waals surface area (Å²) < 4.78 is 36.7. The minimum absolute atomic E-state index is 0.0957. The van der Waals surface area contributed by atoms with E-state index in [4.69, 9.17) is 9.47 Å². The number of sulfone groups is 1. The summed E-state index contributed by atoms with van der Waals surface area (Å²) in [5.74, 6) is 0.820. The molecule has 2 aliphatic heterocycles. The number of ether oxygens (including phenoxy) is 2. The summed E-state index contributed by atoms with van der Waals surface area (Å²) in [7, 11) is -1.55. The van der Waals surface area contributed by atoms with Crippen molar-refractivity contribution in [2.24, 2.45) is 0 Å². The Labute approximate surface area is 180 Å². The molecule has 1 aromatic rings. The number of aromatic hydroxyl groups is 1.